The normalized spacial score (nSPS) is 19.7. The molecule has 2 rings (SSSR count). The third-order valence-electron chi connectivity index (χ3n) is 3.76. The van der Waals surface area contributed by atoms with Gasteiger partial charge in [-0.25, -0.2) is 13.6 Å². The third-order valence-corrected chi connectivity index (χ3v) is 4.61. The maximum Gasteiger partial charge on any atom is 0.210 e. The van der Waals surface area contributed by atoms with Crippen molar-refractivity contribution >= 4 is 10.0 Å². The lowest BCUT2D eigenvalue weighted by atomic mass is 10.1. The zero-order valence-electron chi connectivity index (χ0n) is 12.4. The van der Waals surface area contributed by atoms with Crippen LogP contribution in [0.5, 0.6) is 11.5 Å². The molecule has 1 fully saturated rings. The van der Waals surface area contributed by atoms with Gasteiger partial charge in [0.2, 0.25) is 10.0 Å². The van der Waals surface area contributed by atoms with Crippen molar-refractivity contribution in [3.63, 3.8) is 0 Å². The number of hydrogen-bond acceptors (Lipinski definition) is 5. The summed E-state index contributed by atoms with van der Waals surface area (Å²) >= 11 is 0. The van der Waals surface area contributed by atoms with Crippen LogP contribution in [0, 0.1) is 0 Å². The van der Waals surface area contributed by atoms with Crippen molar-refractivity contribution in [3.05, 3.63) is 23.8 Å². The van der Waals surface area contributed by atoms with E-state index >= 15 is 0 Å². The lowest BCUT2D eigenvalue weighted by Crippen LogP contribution is -2.36. The number of nitrogens with zero attached hydrogens (tertiary/aromatic N) is 1. The van der Waals surface area contributed by atoms with Gasteiger partial charge in [0.05, 0.1) is 20.0 Å². The fourth-order valence-electron chi connectivity index (χ4n) is 2.77. The second-order valence-electron chi connectivity index (χ2n) is 5.29. The molecule has 1 saturated heterocycles. The van der Waals surface area contributed by atoms with Gasteiger partial charge in [-0.3, -0.25) is 4.90 Å². The van der Waals surface area contributed by atoms with Crippen LogP contribution in [0.4, 0.5) is 0 Å². The summed E-state index contributed by atoms with van der Waals surface area (Å²) in [5, 5.41) is 5.16. The zero-order valence-corrected chi connectivity index (χ0v) is 13.2. The molecule has 1 aromatic carbocycles. The van der Waals surface area contributed by atoms with Gasteiger partial charge in [-0.05, 0) is 37.1 Å². The summed E-state index contributed by atoms with van der Waals surface area (Å²) in [5.74, 6) is 1.38. The molecule has 0 radical (unpaired) electrons. The van der Waals surface area contributed by atoms with Gasteiger partial charge < -0.3 is 9.47 Å². The van der Waals surface area contributed by atoms with E-state index in [2.05, 4.69) is 4.90 Å². The topological polar surface area (TPSA) is 81.9 Å². The predicted molar refractivity (Wildman–Crippen MR) is 81.0 cm³/mol. The number of rotatable bonds is 6. The van der Waals surface area contributed by atoms with Crippen molar-refractivity contribution in [3.8, 4) is 11.5 Å². The number of likely N-dealkylation sites (tertiary alicyclic amines) is 1. The van der Waals surface area contributed by atoms with Crippen LogP contribution in [0.25, 0.3) is 0 Å². The number of benzene rings is 1. The van der Waals surface area contributed by atoms with Gasteiger partial charge in [-0.1, -0.05) is 6.07 Å². The summed E-state index contributed by atoms with van der Waals surface area (Å²) in [6.07, 6.45) is 1.86. The Labute approximate surface area is 125 Å². The Bertz CT molecular complexity index is 589. The molecule has 118 valence electrons. The van der Waals surface area contributed by atoms with Crippen LogP contribution in [0.2, 0.25) is 0 Å². The summed E-state index contributed by atoms with van der Waals surface area (Å²) in [4.78, 5) is 2.16. The van der Waals surface area contributed by atoms with Gasteiger partial charge in [0.1, 0.15) is 0 Å². The molecule has 1 aromatic rings. The third kappa shape index (κ3) is 4.33. The molecule has 21 heavy (non-hydrogen) atoms. The highest BCUT2D eigenvalue weighted by molar-refractivity contribution is 7.89. The molecule has 0 bridgehead atoms. The summed E-state index contributed by atoms with van der Waals surface area (Å²) in [7, 11) is -0.247. The fourth-order valence-corrected chi connectivity index (χ4v) is 3.69. The highest BCUT2D eigenvalue weighted by Gasteiger charge is 2.27. The molecule has 0 spiro atoms. The number of hydrogen-bond donors (Lipinski definition) is 1. The largest absolute Gasteiger partial charge is 0.493 e. The minimum atomic E-state index is -3.44. The quantitative estimate of drug-likeness (QED) is 0.845. The highest BCUT2D eigenvalue weighted by Crippen LogP contribution is 2.29. The van der Waals surface area contributed by atoms with E-state index in [0.717, 1.165) is 24.9 Å². The first-order valence-electron chi connectivity index (χ1n) is 6.88. The van der Waals surface area contributed by atoms with Crippen LogP contribution in [0.1, 0.15) is 18.4 Å². The Hall–Kier alpha value is -1.31. The van der Waals surface area contributed by atoms with Gasteiger partial charge >= 0.3 is 0 Å². The highest BCUT2D eigenvalue weighted by atomic mass is 32.2. The van der Waals surface area contributed by atoms with Crippen LogP contribution < -0.4 is 14.6 Å². The summed E-state index contributed by atoms with van der Waals surface area (Å²) in [6, 6.07) is 5.74. The van der Waals surface area contributed by atoms with Crippen LogP contribution in [0.15, 0.2) is 18.2 Å². The molecule has 0 aliphatic carbocycles. The first kappa shape index (κ1) is 16.1. The van der Waals surface area contributed by atoms with Gasteiger partial charge in [-0.15, -0.1) is 0 Å². The monoisotopic (exact) mass is 314 g/mol. The van der Waals surface area contributed by atoms with Crippen molar-refractivity contribution in [1.82, 2.24) is 4.90 Å². The Morgan fingerprint density at radius 3 is 2.62 bits per heavy atom. The lowest BCUT2D eigenvalue weighted by Gasteiger charge is -2.24. The molecule has 0 saturated carbocycles. The first-order valence-corrected chi connectivity index (χ1v) is 8.60. The van der Waals surface area contributed by atoms with Crippen molar-refractivity contribution < 1.29 is 17.9 Å². The summed E-state index contributed by atoms with van der Waals surface area (Å²) < 4.78 is 33.1. The molecular formula is C14H22N2O4S. The van der Waals surface area contributed by atoms with E-state index in [1.54, 1.807) is 14.2 Å². The van der Waals surface area contributed by atoms with Gasteiger partial charge in [0.15, 0.2) is 11.5 Å². The minimum absolute atomic E-state index is 0.00639. The molecular weight excluding hydrogens is 292 g/mol. The molecule has 6 nitrogen and oxygen atoms in total. The van der Waals surface area contributed by atoms with Crippen LogP contribution >= 0.6 is 0 Å². The molecule has 1 heterocycles. The Balaban J connectivity index is 2.10. The Morgan fingerprint density at radius 2 is 2.00 bits per heavy atom. The SMILES string of the molecule is COc1ccc(CN2CCC[C@H]2CS(N)(=O)=O)cc1OC. The van der Waals surface area contributed by atoms with Crippen molar-refractivity contribution in [2.75, 3.05) is 26.5 Å². The van der Waals surface area contributed by atoms with E-state index < -0.39 is 10.0 Å². The van der Waals surface area contributed by atoms with Crippen molar-refractivity contribution in [2.45, 2.75) is 25.4 Å². The minimum Gasteiger partial charge on any atom is -0.493 e. The second-order valence-corrected chi connectivity index (χ2v) is 6.94. The van der Waals surface area contributed by atoms with Crippen LogP contribution in [-0.4, -0.2) is 45.9 Å². The standard InChI is InChI=1S/C14H22N2O4S/c1-19-13-6-5-11(8-14(13)20-2)9-16-7-3-4-12(16)10-21(15,17)18/h5-6,8,12H,3-4,7,9-10H2,1-2H3,(H2,15,17,18)/t12-/m0/s1. The van der Waals surface area contributed by atoms with Crippen LogP contribution in [-0.2, 0) is 16.6 Å². The van der Waals surface area contributed by atoms with E-state index in [1.807, 2.05) is 18.2 Å². The molecule has 1 aliphatic heterocycles. The van der Waals surface area contributed by atoms with E-state index in [-0.39, 0.29) is 11.8 Å². The summed E-state index contributed by atoms with van der Waals surface area (Å²) in [6.45, 7) is 1.56. The number of sulfonamides is 1. The molecule has 0 amide bonds. The average Bonchev–Trinajstić information content (AvgIpc) is 2.83. The Morgan fingerprint density at radius 1 is 1.29 bits per heavy atom. The Kier molecular flexibility index (Phi) is 5.08. The average molecular weight is 314 g/mol. The molecule has 1 atom stereocenters. The first-order chi connectivity index (χ1) is 9.93. The summed E-state index contributed by atoms with van der Waals surface area (Å²) in [5.41, 5.74) is 1.06. The van der Waals surface area contributed by atoms with E-state index in [0.29, 0.717) is 18.0 Å². The zero-order chi connectivity index (χ0) is 15.5. The van der Waals surface area contributed by atoms with E-state index in [4.69, 9.17) is 14.6 Å². The maximum atomic E-state index is 11.3. The number of nitrogens with two attached hydrogens (primary N) is 1. The predicted octanol–water partition coefficient (Wildman–Crippen LogP) is 0.957. The molecule has 1 aliphatic rings. The molecule has 2 N–H and O–H groups in total. The second kappa shape index (κ2) is 6.64. The fraction of sp³-hybridized carbons (Fsp3) is 0.571. The van der Waals surface area contributed by atoms with Gasteiger partial charge in [0.25, 0.3) is 0 Å². The van der Waals surface area contributed by atoms with Gasteiger partial charge in [0, 0.05) is 12.6 Å². The molecule has 0 aromatic heterocycles. The molecule has 0 unspecified atom stereocenters. The van der Waals surface area contributed by atoms with Crippen molar-refractivity contribution in [2.24, 2.45) is 5.14 Å². The van der Waals surface area contributed by atoms with E-state index in [1.165, 1.54) is 0 Å². The van der Waals surface area contributed by atoms with Gasteiger partial charge in [-0.2, -0.15) is 0 Å². The molecule has 7 heteroatoms. The number of primary sulfonamides is 1. The lowest BCUT2D eigenvalue weighted by molar-refractivity contribution is 0.261. The van der Waals surface area contributed by atoms with Crippen molar-refractivity contribution in [1.29, 1.82) is 0 Å². The van der Waals surface area contributed by atoms with Crippen LogP contribution in [0.3, 0.4) is 0 Å². The number of methoxy groups -OCH3 is 2. The smallest absolute Gasteiger partial charge is 0.210 e. The maximum absolute atomic E-state index is 11.3. The van der Waals surface area contributed by atoms with E-state index in [9.17, 15) is 8.42 Å². The number of ether oxygens (including phenoxy) is 2.